The lowest BCUT2D eigenvalue weighted by Crippen LogP contribution is -2.33. The first-order valence-corrected chi connectivity index (χ1v) is 5.87. The Balaban J connectivity index is 2.27. The van der Waals surface area contributed by atoms with Gasteiger partial charge < -0.3 is 10.0 Å². The minimum Gasteiger partial charge on any atom is -0.374 e. The van der Waals surface area contributed by atoms with Gasteiger partial charge in [-0.2, -0.15) is 0 Å². The molecule has 0 saturated heterocycles. The van der Waals surface area contributed by atoms with Gasteiger partial charge in [-0.3, -0.25) is 0 Å². The highest BCUT2D eigenvalue weighted by Crippen LogP contribution is 2.18. The summed E-state index contributed by atoms with van der Waals surface area (Å²) in [6.07, 6.45) is 0.755. The molecule has 0 spiro atoms. The van der Waals surface area contributed by atoms with Crippen molar-refractivity contribution in [1.29, 1.82) is 0 Å². The van der Waals surface area contributed by atoms with Crippen molar-refractivity contribution in [2.45, 2.75) is 19.7 Å². The third-order valence-corrected chi connectivity index (χ3v) is 2.75. The lowest BCUT2D eigenvalue weighted by Gasteiger charge is -2.26. The van der Waals surface area contributed by atoms with E-state index in [1.807, 2.05) is 0 Å². The van der Waals surface area contributed by atoms with Crippen molar-refractivity contribution < 1.29 is 13.9 Å². The molecular weight excluding hydrogens is 250 g/mol. The molecule has 2 aromatic rings. The Morgan fingerprint density at radius 2 is 2.05 bits per heavy atom. The summed E-state index contributed by atoms with van der Waals surface area (Å²) in [5.41, 5.74) is 0.299. The number of pyridine rings is 1. The molecular formula is C14H14F2N2O. The number of hydrogen-bond acceptors (Lipinski definition) is 3. The third kappa shape index (κ3) is 3.26. The predicted octanol–water partition coefficient (Wildman–Crippen LogP) is 2.70. The molecule has 3 nitrogen and oxygen atoms in total. The van der Waals surface area contributed by atoms with Crippen LogP contribution in [0, 0.1) is 11.6 Å². The predicted molar refractivity (Wildman–Crippen MR) is 68.5 cm³/mol. The van der Waals surface area contributed by atoms with Crippen LogP contribution in [0.2, 0.25) is 0 Å². The van der Waals surface area contributed by atoms with E-state index in [0.717, 1.165) is 6.07 Å². The smallest absolute Gasteiger partial charge is 0.131 e. The number of benzene rings is 1. The van der Waals surface area contributed by atoms with Gasteiger partial charge in [0, 0.05) is 24.4 Å². The molecule has 0 aliphatic heterocycles. The fourth-order valence-corrected chi connectivity index (χ4v) is 1.76. The fraction of sp³-hybridized carbons (Fsp3) is 0.214. The average molecular weight is 264 g/mol. The maximum atomic E-state index is 13.6. The highest BCUT2D eigenvalue weighted by Gasteiger charge is 2.15. The molecule has 0 amide bonds. The Morgan fingerprint density at radius 3 is 2.63 bits per heavy atom. The van der Waals surface area contributed by atoms with E-state index in [2.05, 4.69) is 4.98 Å². The maximum absolute atomic E-state index is 13.6. The van der Waals surface area contributed by atoms with E-state index in [1.165, 1.54) is 17.0 Å². The molecule has 1 atom stereocenters. The highest BCUT2D eigenvalue weighted by molar-refractivity contribution is 5.39. The Labute approximate surface area is 110 Å². The average Bonchev–Trinajstić information content (AvgIpc) is 2.38. The van der Waals surface area contributed by atoms with Crippen molar-refractivity contribution in [2.75, 3.05) is 4.90 Å². The molecule has 5 heteroatoms. The van der Waals surface area contributed by atoms with Gasteiger partial charge in [0.15, 0.2) is 0 Å². The molecule has 1 aromatic carbocycles. The summed E-state index contributed by atoms with van der Waals surface area (Å²) >= 11 is 0. The second kappa shape index (κ2) is 5.75. The van der Waals surface area contributed by atoms with Gasteiger partial charge in [-0.05, 0) is 25.1 Å². The van der Waals surface area contributed by atoms with Crippen LogP contribution < -0.4 is 4.90 Å². The Hall–Kier alpha value is -2.01. The monoisotopic (exact) mass is 264 g/mol. The van der Waals surface area contributed by atoms with Crippen LogP contribution in [0.5, 0.6) is 0 Å². The molecule has 100 valence electrons. The molecule has 0 radical (unpaired) electrons. The first-order chi connectivity index (χ1) is 9.08. The fourth-order valence-electron chi connectivity index (χ4n) is 1.76. The van der Waals surface area contributed by atoms with Crippen LogP contribution in [0.1, 0.15) is 12.5 Å². The van der Waals surface area contributed by atoms with E-state index in [0.29, 0.717) is 11.4 Å². The zero-order chi connectivity index (χ0) is 13.8. The van der Waals surface area contributed by atoms with Gasteiger partial charge >= 0.3 is 0 Å². The van der Waals surface area contributed by atoms with Gasteiger partial charge in [0.05, 0.1) is 0 Å². The van der Waals surface area contributed by atoms with Gasteiger partial charge in [0.2, 0.25) is 0 Å². The summed E-state index contributed by atoms with van der Waals surface area (Å²) in [6, 6.07) is 8.63. The minimum absolute atomic E-state index is 0.112. The Bertz CT molecular complexity index is 546. The summed E-state index contributed by atoms with van der Waals surface area (Å²) in [5.74, 6) is -0.731. The third-order valence-electron chi connectivity index (χ3n) is 2.75. The van der Waals surface area contributed by atoms with Crippen LogP contribution in [0.25, 0.3) is 0 Å². The molecule has 0 fully saturated rings. The summed E-state index contributed by atoms with van der Waals surface area (Å²) in [7, 11) is 0. The number of rotatable bonds is 4. The van der Waals surface area contributed by atoms with Crippen molar-refractivity contribution >= 4 is 5.82 Å². The highest BCUT2D eigenvalue weighted by atomic mass is 19.1. The van der Waals surface area contributed by atoms with Crippen LogP contribution in [0.15, 0.2) is 42.6 Å². The van der Waals surface area contributed by atoms with E-state index in [9.17, 15) is 13.9 Å². The quantitative estimate of drug-likeness (QED) is 0.863. The van der Waals surface area contributed by atoms with E-state index < -0.39 is 17.9 Å². The molecule has 0 saturated carbocycles. The van der Waals surface area contributed by atoms with Crippen molar-refractivity contribution in [3.8, 4) is 0 Å². The Kier molecular flexibility index (Phi) is 4.06. The molecule has 1 unspecified atom stereocenters. The van der Waals surface area contributed by atoms with E-state index in [-0.39, 0.29) is 6.54 Å². The molecule has 1 N–H and O–H groups in total. The second-order valence-electron chi connectivity index (χ2n) is 4.18. The number of anilines is 1. The normalized spacial score (nSPS) is 12.2. The molecule has 0 aliphatic rings. The van der Waals surface area contributed by atoms with Crippen molar-refractivity contribution in [1.82, 2.24) is 4.98 Å². The van der Waals surface area contributed by atoms with Gasteiger partial charge in [0.1, 0.15) is 23.7 Å². The van der Waals surface area contributed by atoms with Crippen LogP contribution >= 0.6 is 0 Å². The number of aromatic nitrogens is 1. The van der Waals surface area contributed by atoms with E-state index in [4.69, 9.17) is 0 Å². The zero-order valence-corrected chi connectivity index (χ0v) is 10.4. The number of aliphatic hydroxyl groups is 1. The van der Waals surface area contributed by atoms with Crippen LogP contribution in [0.3, 0.4) is 0 Å². The van der Waals surface area contributed by atoms with Gasteiger partial charge in [-0.25, -0.2) is 13.8 Å². The first kappa shape index (κ1) is 13.4. The summed E-state index contributed by atoms with van der Waals surface area (Å²) in [4.78, 5) is 5.64. The van der Waals surface area contributed by atoms with Crippen LogP contribution in [-0.4, -0.2) is 16.3 Å². The van der Waals surface area contributed by atoms with E-state index >= 15 is 0 Å². The summed E-state index contributed by atoms with van der Waals surface area (Å²) in [5, 5.41) is 9.76. The number of halogens is 2. The molecule has 1 heterocycles. The van der Waals surface area contributed by atoms with Gasteiger partial charge in [0.25, 0.3) is 0 Å². The standard InChI is InChI=1S/C14H14F2N2O/c1-10(19)18(14-4-2-3-7-17-14)9-11-5-6-12(15)8-13(11)16/h2-8,10,19H,9H2,1H3. The van der Waals surface area contributed by atoms with Crippen molar-refractivity contribution in [2.24, 2.45) is 0 Å². The topological polar surface area (TPSA) is 36.4 Å². The summed E-state index contributed by atoms with van der Waals surface area (Å²) in [6.45, 7) is 1.68. The molecule has 0 bridgehead atoms. The van der Waals surface area contributed by atoms with Crippen LogP contribution in [-0.2, 0) is 6.54 Å². The maximum Gasteiger partial charge on any atom is 0.131 e. The van der Waals surface area contributed by atoms with Gasteiger partial charge in [-0.15, -0.1) is 0 Å². The van der Waals surface area contributed by atoms with Gasteiger partial charge in [-0.1, -0.05) is 12.1 Å². The molecule has 0 aliphatic carbocycles. The van der Waals surface area contributed by atoms with Crippen molar-refractivity contribution in [3.05, 3.63) is 59.8 Å². The molecule has 1 aromatic heterocycles. The lowest BCUT2D eigenvalue weighted by atomic mass is 10.2. The minimum atomic E-state index is -0.834. The lowest BCUT2D eigenvalue weighted by molar-refractivity contribution is 0.185. The van der Waals surface area contributed by atoms with Crippen LogP contribution in [0.4, 0.5) is 14.6 Å². The largest absolute Gasteiger partial charge is 0.374 e. The summed E-state index contributed by atoms with van der Waals surface area (Å²) < 4.78 is 26.5. The molecule has 2 rings (SSSR count). The number of nitrogens with zero attached hydrogens (tertiary/aromatic N) is 2. The van der Waals surface area contributed by atoms with Crippen molar-refractivity contribution in [3.63, 3.8) is 0 Å². The zero-order valence-electron chi connectivity index (χ0n) is 10.4. The molecule has 19 heavy (non-hydrogen) atoms. The SMILES string of the molecule is CC(O)N(Cc1ccc(F)cc1F)c1ccccn1. The van der Waals surface area contributed by atoms with E-state index in [1.54, 1.807) is 31.3 Å². The first-order valence-electron chi connectivity index (χ1n) is 5.87. The number of hydrogen-bond donors (Lipinski definition) is 1. The second-order valence-corrected chi connectivity index (χ2v) is 4.18. The Morgan fingerprint density at radius 1 is 1.26 bits per heavy atom. The number of aliphatic hydroxyl groups excluding tert-OH is 1.